The van der Waals surface area contributed by atoms with Gasteiger partial charge in [-0.05, 0) is 31.8 Å². The van der Waals surface area contributed by atoms with Crippen molar-refractivity contribution < 1.29 is 4.39 Å². The van der Waals surface area contributed by atoms with Crippen LogP contribution in [0.15, 0.2) is 18.2 Å². The predicted molar refractivity (Wildman–Crippen MR) is 61.4 cm³/mol. The van der Waals surface area contributed by atoms with Gasteiger partial charge in [0.25, 0.3) is 0 Å². The lowest BCUT2D eigenvalue weighted by Crippen LogP contribution is -2.27. The van der Waals surface area contributed by atoms with E-state index in [0.717, 1.165) is 18.7 Å². The van der Waals surface area contributed by atoms with Crippen LogP contribution in [0.3, 0.4) is 0 Å². The Morgan fingerprint density at radius 2 is 2.25 bits per heavy atom. The highest BCUT2D eigenvalue weighted by molar-refractivity contribution is 5.37. The second kappa shape index (κ2) is 6.21. The standard InChI is InChI=1S/C12H16FN3/c1-15-5-6-16(2)9-10-3-4-12(13)7-11(10)8-14/h3-4,7,15H,5-6,9H2,1-2H3. The molecule has 0 aliphatic carbocycles. The summed E-state index contributed by atoms with van der Waals surface area (Å²) in [7, 11) is 3.87. The fourth-order valence-corrected chi connectivity index (χ4v) is 1.46. The summed E-state index contributed by atoms with van der Waals surface area (Å²) < 4.78 is 12.9. The zero-order valence-corrected chi connectivity index (χ0v) is 9.63. The van der Waals surface area contributed by atoms with E-state index in [1.54, 1.807) is 6.07 Å². The molecule has 16 heavy (non-hydrogen) atoms. The molecule has 0 unspecified atom stereocenters. The van der Waals surface area contributed by atoms with E-state index in [2.05, 4.69) is 10.2 Å². The van der Waals surface area contributed by atoms with Gasteiger partial charge >= 0.3 is 0 Å². The number of benzene rings is 1. The maximum Gasteiger partial charge on any atom is 0.124 e. The molecule has 0 heterocycles. The zero-order chi connectivity index (χ0) is 12.0. The summed E-state index contributed by atoms with van der Waals surface area (Å²) in [6, 6.07) is 6.36. The summed E-state index contributed by atoms with van der Waals surface area (Å²) in [5.74, 6) is -0.363. The van der Waals surface area contributed by atoms with Gasteiger partial charge in [0.2, 0.25) is 0 Å². The highest BCUT2D eigenvalue weighted by Crippen LogP contribution is 2.12. The third-order valence-electron chi connectivity index (χ3n) is 2.38. The first-order chi connectivity index (χ1) is 7.67. The van der Waals surface area contributed by atoms with Crippen LogP contribution in [0.2, 0.25) is 0 Å². The van der Waals surface area contributed by atoms with Crippen LogP contribution < -0.4 is 5.32 Å². The SMILES string of the molecule is CNCCN(C)Cc1ccc(F)cc1C#N. The summed E-state index contributed by atoms with van der Waals surface area (Å²) >= 11 is 0. The van der Waals surface area contributed by atoms with Crippen molar-refractivity contribution in [1.29, 1.82) is 5.26 Å². The lowest BCUT2D eigenvalue weighted by atomic mass is 10.1. The number of halogens is 1. The van der Waals surface area contributed by atoms with E-state index < -0.39 is 0 Å². The molecular formula is C12H16FN3. The number of nitrogens with zero attached hydrogens (tertiary/aromatic N) is 2. The number of hydrogen-bond acceptors (Lipinski definition) is 3. The first kappa shape index (κ1) is 12.6. The van der Waals surface area contributed by atoms with Crippen molar-refractivity contribution in [2.45, 2.75) is 6.54 Å². The Balaban J connectivity index is 2.70. The van der Waals surface area contributed by atoms with E-state index in [0.29, 0.717) is 12.1 Å². The van der Waals surface area contributed by atoms with Crippen molar-refractivity contribution in [3.05, 3.63) is 35.1 Å². The molecule has 1 aromatic carbocycles. The van der Waals surface area contributed by atoms with E-state index in [-0.39, 0.29) is 5.82 Å². The fourth-order valence-electron chi connectivity index (χ4n) is 1.46. The molecule has 0 aliphatic rings. The molecular weight excluding hydrogens is 205 g/mol. The Hall–Kier alpha value is -1.44. The molecule has 0 saturated carbocycles. The van der Waals surface area contributed by atoms with Crippen LogP contribution in [0.1, 0.15) is 11.1 Å². The first-order valence-electron chi connectivity index (χ1n) is 5.19. The molecule has 0 radical (unpaired) electrons. The Bertz CT molecular complexity index is 384. The monoisotopic (exact) mass is 221 g/mol. The smallest absolute Gasteiger partial charge is 0.124 e. The number of likely N-dealkylation sites (N-methyl/N-ethyl adjacent to an activating group) is 2. The quantitative estimate of drug-likeness (QED) is 0.815. The fraction of sp³-hybridized carbons (Fsp3) is 0.417. The molecule has 0 atom stereocenters. The van der Waals surface area contributed by atoms with Crippen LogP contribution in [0.4, 0.5) is 4.39 Å². The van der Waals surface area contributed by atoms with Gasteiger partial charge in [0.15, 0.2) is 0 Å². The van der Waals surface area contributed by atoms with Gasteiger partial charge in [0.05, 0.1) is 11.6 Å². The largest absolute Gasteiger partial charge is 0.318 e. The van der Waals surface area contributed by atoms with Crippen molar-refractivity contribution in [2.75, 3.05) is 27.2 Å². The van der Waals surface area contributed by atoms with Crippen LogP contribution in [0, 0.1) is 17.1 Å². The summed E-state index contributed by atoms with van der Waals surface area (Å²) in [5.41, 5.74) is 1.28. The molecule has 4 heteroatoms. The molecule has 1 N–H and O–H groups in total. The summed E-state index contributed by atoms with van der Waals surface area (Å²) in [5, 5.41) is 11.9. The topological polar surface area (TPSA) is 39.1 Å². The Morgan fingerprint density at radius 1 is 1.50 bits per heavy atom. The van der Waals surface area contributed by atoms with E-state index in [1.165, 1.54) is 12.1 Å². The second-order valence-corrected chi connectivity index (χ2v) is 3.75. The van der Waals surface area contributed by atoms with E-state index in [9.17, 15) is 4.39 Å². The average molecular weight is 221 g/mol. The average Bonchev–Trinajstić information content (AvgIpc) is 2.28. The van der Waals surface area contributed by atoms with Crippen molar-refractivity contribution in [2.24, 2.45) is 0 Å². The van der Waals surface area contributed by atoms with E-state index in [1.807, 2.05) is 20.2 Å². The third kappa shape index (κ3) is 3.61. The molecule has 86 valence electrons. The summed E-state index contributed by atoms with van der Waals surface area (Å²) in [6.07, 6.45) is 0. The molecule has 0 bridgehead atoms. The van der Waals surface area contributed by atoms with Gasteiger partial charge in [0, 0.05) is 19.6 Å². The number of hydrogen-bond donors (Lipinski definition) is 1. The zero-order valence-electron chi connectivity index (χ0n) is 9.63. The van der Waals surface area contributed by atoms with Gasteiger partial charge in [-0.3, -0.25) is 0 Å². The highest BCUT2D eigenvalue weighted by Gasteiger charge is 2.06. The predicted octanol–water partition coefficient (Wildman–Crippen LogP) is 1.35. The molecule has 0 aromatic heterocycles. The van der Waals surface area contributed by atoms with E-state index in [4.69, 9.17) is 5.26 Å². The minimum Gasteiger partial charge on any atom is -0.318 e. The Labute approximate surface area is 95.5 Å². The van der Waals surface area contributed by atoms with Crippen LogP contribution >= 0.6 is 0 Å². The molecule has 1 aromatic rings. The Morgan fingerprint density at radius 3 is 2.88 bits per heavy atom. The summed E-state index contributed by atoms with van der Waals surface area (Å²) in [6.45, 7) is 2.43. The molecule has 0 spiro atoms. The maximum atomic E-state index is 12.9. The van der Waals surface area contributed by atoms with Gasteiger partial charge in [-0.1, -0.05) is 6.07 Å². The maximum absolute atomic E-state index is 12.9. The summed E-state index contributed by atoms with van der Waals surface area (Å²) in [4.78, 5) is 2.09. The number of nitrogens with one attached hydrogen (secondary N) is 1. The van der Waals surface area contributed by atoms with Crippen molar-refractivity contribution in [3.8, 4) is 6.07 Å². The van der Waals surface area contributed by atoms with Crippen LogP contribution in [0.25, 0.3) is 0 Å². The van der Waals surface area contributed by atoms with Crippen LogP contribution in [-0.2, 0) is 6.54 Å². The van der Waals surface area contributed by atoms with Crippen molar-refractivity contribution >= 4 is 0 Å². The number of nitriles is 1. The minimum atomic E-state index is -0.363. The molecule has 0 saturated heterocycles. The van der Waals surface area contributed by atoms with Crippen molar-refractivity contribution in [3.63, 3.8) is 0 Å². The molecule has 0 amide bonds. The van der Waals surface area contributed by atoms with E-state index >= 15 is 0 Å². The molecule has 1 rings (SSSR count). The molecule has 3 nitrogen and oxygen atoms in total. The second-order valence-electron chi connectivity index (χ2n) is 3.75. The minimum absolute atomic E-state index is 0.363. The van der Waals surface area contributed by atoms with Gasteiger partial charge in [0.1, 0.15) is 5.82 Å². The van der Waals surface area contributed by atoms with Gasteiger partial charge in [-0.2, -0.15) is 5.26 Å². The normalized spacial score (nSPS) is 10.4. The van der Waals surface area contributed by atoms with Gasteiger partial charge in [-0.15, -0.1) is 0 Å². The van der Waals surface area contributed by atoms with Crippen LogP contribution in [0.5, 0.6) is 0 Å². The lowest BCUT2D eigenvalue weighted by molar-refractivity contribution is 0.328. The first-order valence-corrected chi connectivity index (χ1v) is 5.19. The number of rotatable bonds is 5. The third-order valence-corrected chi connectivity index (χ3v) is 2.38. The van der Waals surface area contributed by atoms with Crippen LogP contribution in [-0.4, -0.2) is 32.1 Å². The van der Waals surface area contributed by atoms with Crippen molar-refractivity contribution in [1.82, 2.24) is 10.2 Å². The lowest BCUT2D eigenvalue weighted by Gasteiger charge is -2.17. The van der Waals surface area contributed by atoms with Gasteiger partial charge in [-0.25, -0.2) is 4.39 Å². The van der Waals surface area contributed by atoms with Gasteiger partial charge < -0.3 is 10.2 Å². The molecule has 0 fully saturated rings. The Kier molecular flexibility index (Phi) is 4.90. The molecule has 0 aliphatic heterocycles. The highest BCUT2D eigenvalue weighted by atomic mass is 19.1.